The van der Waals surface area contributed by atoms with Gasteiger partial charge in [0.1, 0.15) is 5.76 Å². The van der Waals surface area contributed by atoms with Crippen LogP contribution in [0.1, 0.15) is 12.7 Å². The van der Waals surface area contributed by atoms with Crippen molar-refractivity contribution < 1.29 is 14.1 Å². The molecule has 0 unspecified atom stereocenters. The first-order valence-electron chi connectivity index (χ1n) is 5.73. The Kier molecular flexibility index (Phi) is 3.75. The Bertz CT molecular complexity index is 385. The molecule has 0 spiro atoms. The maximum Gasteiger partial charge on any atom is 0.242 e. The van der Waals surface area contributed by atoms with Gasteiger partial charge in [-0.05, 0) is 13.8 Å². The summed E-state index contributed by atoms with van der Waals surface area (Å²) < 4.78 is 10.1. The molecule has 94 valence electrons. The largest absolute Gasteiger partial charge is 0.379 e. The third kappa shape index (κ3) is 3.04. The average molecular weight is 239 g/mol. The van der Waals surface area contributed by atoms with E-state index < -0.39 is 0 Å². The van der Waals surface area contributed by atoms with Crippen LogP contribution >= 0.6 is 0 Å². The van der Waals surface area contributed by atoms with Crippen LogP contribution in [0.15, 0.2) is 10.6 Å². The number of carbonyl (C=O) groups is 1. The molecular formula is C11H17N3O3. The van der Waals surface area contributed by atoms with Gasteiger partial charge in [-0.3, -0.25) is 9.69 Å². The summed E-state index contributed by atoms with van der Waals surface area (Å²) in [5.74, 6) is 1.08. The molecule has 0 radical (unpaired) electrons. The fraction of sp³-hybridized carbons (Fsp3) is 0.636. The molecule has 6 nitrogen and oxygen atoms in total. The lowest BCUT2D eigenvalue weighted by Crippen LogP contribution is -2.47. The van der Waals surface area contributed by atoms with E-state index in [1.54, 1.807) is 13.0 Å². The van der Waals surface area contributed by atoms with Crippen molar-refractivity contribution in [3.05, 3.63) is 11.8 Å². The zero-order valence-corrected chi connectivity index (χ0v) is 10.1. The summed E-state index contributed by atoms with van der Waals surface area (Å²) in [7, 11) is 0. The van der Waals surface area contributed by atoms with E-state index in [9.17, 15) is 4.79 Å². The van der Waals surface area contributed by atoms with Gasteiger partial charge in [0.05, 0.1) is 19.3 Å². The Balaban J connectivity index is 1.90. The van der Waals surface area contributed by atoms with Crippen molar-refractivity contribution in [2.24, 2.45) is 0 Å². The topological polar surface area (TPSA) is 67.6 Å². The molecular weight excluding hydrogens is 222 g/mol. The Morgan fingerprint density at radius 3 is 2.82 bits per heavy atom. The van der Waals surface area contributed by atoms with E-state index in [2.05, 4.69) is 15.4 Å². The van der Waals surface area contributed by atoms with Crippen molar-refractivity contribution in [2.45, 2.75) is 19.9 Å². The highest BCUT2D eigenvalue weighted by Crippen LogP contribution is 2.10. The molecule has 1 amide bonds. The number of aromatic nitrogens is 1. The van der Waals surface area contributed by atoms with Gasteiger partial charge in [-0.15, -0.1) is 0 Å². The fourth-order valence-corrected chi connectivity index (χ4v) is 1.79. The van der Waals surface area contributed by atoms with Gasteiger partial charge in [0, 0.05) is 19.2 Å². The summed E-state index contributed by atoms with van der Waals surface area (Å²) in [5.41, 5.74) is 0. The molecule has 0 saturated carbocycles. The number of rotatable bonds is 3. The van der Waals surface area contributed by atoms with Crippen LogP contribution in [0.4, 0.5) is 5.82 Å². The van der Waals surface area contributed by atoms with E-state index in [0.29, 0.717) is 24.8 Å². The van der Waals surface area contributed by atoms with Crippen molar-refractivity contribution >= 4 is 11.7 Å². The monoisotopic (exact) mass is 239 g/mol. The van der Waals surface area contributed by atoms with Crippen molar-refractivity contribution in [2.75, 3.05) is 31.6 Å². The highest BCUT2D eigenvalue weighted by atomic mass is 16.5. The van der Waals surface area contributed by atoms with Crippen LogP contribution in [0.25, 0.3) is 0 Å². The van der Waals surface area contributed by atoms with Crippen LogP contribution in [0.5, 0.6) is 0 Å². The molecule has 1 N–H and O–H groups in total. The van der Waals surface area contributed by atoms with Crippen molar-refractivity contribution in [1.29, 1.82) is 0 Å². The summed E-state index contributed by atoms with van der Waals surface area (Å²) in [5, 5.41) is 6.47. The summed E-state index contributed by atoms with van der Waals surface area (Å²) in [6.45, 7) is 6.60. The molecule has 2 rings (SSSR count). The molecule has 1 fully saturated rings. The standard InChI is InChI=1S/C11H17N3O3/c1-8-7-10(13-17-8)12-11(15)9(2)14-3-5-16-6-4-14/h7,9H,3-6H2,1-2H3,(H,12,13,15)/t9-/m1/s1. The molecule has 1 atom stereocenters. The van der Waals surface area contributed by atoms with Gasteiger partial charge in [-0.25, -0.2) is 0 Å². The zero-order valence-electron chi connectivity index (χ0n) is 10.1. The highest BCUT2D eigenvalue weighted by Gasteiger charge is 2.23. The van der Waals surface area contributed by atoms with Crippen LogP contribution in [0.3, 0.4) is 0 Å². The Labute approximate surface area is 99.9 Å². The lowest BCUT2D eigenvalue weighted by Gasteiger charge is -2.31. The first-order valence-corrected chi connectivity index (χ1v) is 5.73. The average Bonchev–Trinajstić information content (AvgIpc) is 2.75. The van der Waals surface area contributed by atoms with E-state index in [4.69, 9.17) is 9.26 Å². The van der Waals surface area contributed by atoms with Crippen LogP contribution in [0, 0.1) is 6.92 Å². The van der Waals surface area contributed by atoms with Crippen LogP contribution in [-0.4, -0.2) is 48.3 Å². The second kappa shape index (κ2) is 5.29. The Morgan fingerprint density at radius 1 is 1.53 bits per heavy atom. The first kappa shape index (κ1) is 12.1. The van der Waals surface area contributed by atoms with Crippen molar-refractivity contribution in [3.63, 3.8) is 0 Å². The van der Waals surface area contributed by atoms with Gasteiger partial charge in [-0.2, -0.15) is 0 Å². The van der Waals surface area contributed by atoms with E-state index in [-0.39, 0.29) is 11.9 Å². The maximum atomic E-state index is 11.9. The molecule has 1 aromatic heterocycles. The number of carbonyl (C=O) groups excluding carboxylic acids is 1. The van der Waals surface area contributed by atoms with Crippen molar-refractivity contribution in [1.82, 2.24) is 10.1 Å². The van der Waals surface area contributed by atoms with Gasteiger partial charge < -0.3 is 14.6 Å². The highest BCUT2D eigenvalue weighted by molar-refractivity contribution is 5.93. The van der Waals surface area contributed by atoms with Crippen LogP contribution in [-0.2, 0) is 9.53 Å². The second-order valence-corrected chi connectivity index (χ2v) is 4.14. The summed E-state index contributed by atoms with van der Waals surface area (Å²) >= 11 is 0. The molecule has 1 aromatic rings. The molecule has 1 aliphatic heterocycles. The number of nitrogens with one attached hydrogen (secondary N) is 1. The number of morpholine rings is 1. The molecule has 0 aromatic carbocycles. The van der Waals surface area contributed by atoms with Gasteiger partial charge >= 0.3 is 0 Å². The second-order valence-electron chi connectivity index (χ2n) is 4.14. The van der Waals surface area contributed by atoms with E-state index >= 15 is 0 Å². The fourth-order valence-electron chi connectivity index (χ4n) is 1.79. The minimum atomic E-state index is -0.184. The molecule has 1 saturated heterocycles. The Morgan fingerprint density at radius 2 is 2.24 bits per heavy atom. The van der Waals surface area contributed by atoms with Gasteiger partial charge in [0.15, 0.2) is 5.82 Å². The molecule has 0 bridgehead atoms. The lowest BCUT2D eigenvalue weighted by molar-refractivity contribution is -0.122. The van der Waals surface area contributed by atoms with E-state index in [1.165, 1.54) is 0 Å². The van der Waals surface area contributed by atoms with E-state index in [1.807, 2.05) is 6.92 Å². The Hall–Kier alpha value is -1.40. The summed E-state index contributed by atoms with van der Waals surface area (Å²) in [4.78, 5) is 14.0. The number of ether oxygens (including phenoxy) is 1. The number of hydrogen-bond acceptors (Lipinski definition) is 5. The maximum absolute atomic E-state index is 11.9. The lowest BCUT2D eigenvalue weighted by atomic mass is 10.2. The zero-order chi connectivity index (χ0) is 12.3. The number of amides is 1. The summed E-state index contributed by atoms with van der Waals surface area (Å²) in [6.07, 6.45) is 0. The number of anilines is 1. The summed E-state index contributed by atoms with van der Waals surface area (Å²) in [6, 6.07) is 1.51. The minimum Gasteiger partial charge on any atom is -0.379 e. The SMILES string of the molecule is Cc1cc(NC(=O)[C@@H](C)N2CCOCC2)no1. The van der Waals surface area contributed by atoms with Crippen molar-refractivity contribution in [3.8, 4) is 0 Å². The third-order valence-corrected chi connectivity index (χ3v) is 2.85. The number of aryl methyl sites for hydroxylation is 1. The van der Waals surface area contributed by atoms with Crippen LogP contribution in [0.2, 0.25) is 0 Å². The van der Waals surface area contributed by atoms with Crippen LogP contribution < -0.4 is 5.32 Å². The van der Waals surface area contributed by atoms with Gasteiger partial charge in [0.25, 0.3) is 0 Å². The first-order chi connectivity index (χ1) is 8.16. The third-order valence-electron chi connectivity index (χ3n) is 2.85. The predicted molar refractivity (Wildman–Crippen MR) is 61.7 cm³/mol. The van der Waals surface area contributed by atoms with E-state index in [0.717, 1.165) is 13.1 Å². The number of nitrogens with zero attached hydrogens (tertiary/aromatic N) is 2. The smallest absolute Gasteiger partial charge is 0.242 e. The van der Waals surface area contributed by atoms with Gasteiger partial charge in [0.2, 0.25) is 5.91 Å². The van der Waals surface area contributed by atoms with Gasteiger partial charge in [-0.1, -0.05) is 5.16 Å². The quantitative estimate of drug-likeness (QED) is 0.838. The molecule has 2 heterocycles. The number of hydrogen-bond donors (Lipinski definition) is 1. The molecule has 17 heavy (non-hydrogen) atoms. The molecule has 6 heteroatoms. The molecule has 1 aliphatic rings. The normalized spacial score (nSPS) is 18.9. The minimum absolute atomic E-state index is 0.0693. The molecule has 0 aliphatic carbocycles. The predicted octanol–water partition coefficient (Wildman–Crippen LogP) is 0.642.